The Morgan fingerprint density at radius 1 is 1.25 bits per heavy atom. The molecule has 0 amide bonds. The first-order valence-corrected chi connectivity index (χ1v) is 7.11. The maximum absolute atomic E-state index is 5.36. The molecule has 0 atom stereocenters. The van der Waals surface area contributed by atoms with Crippen LogP contribution in [0, 0.1) is 0 Å². The van der Waals surface area contributed by atoms with Gasteiger partial charge in [0.1, 0.15) is 23.7 Å². The fourth-order valence-corrected chi connectivity index (χ4v) is 2.34. The number of benzene rings is 1. The van der Waals surface area contributed by atoms with Crippen LogP contribution in [0.3, 0.4) is 0 Å². The van der Waals surface area contributed by atoms with E-state index in [2.05, 4.69) is 43.5 Å². The standard InChI is InChI=1S/C14H17BrN4O/c1-4-10-13(16-2)17-8-18-14(10)19-11-7-9(15)5-6-12(11)20-3/h5-8H,4H2,1-3H3,(H2,16,17,18,19). The van der Waals surface area contributed by atoms with Gasteiger partial charge in [-0.05, 0) is 24.6 Å². The molecule has 6 heteroatoms. The summed E-state index contributed by atoms with van der Waals surface area (Å²) < 4.78 is 6.33. The van der Waals surface area contributed by atoms with E-state index in [-0.39, 0.29) is 0 Å². The third-order valence-electron chi connectivity index (χ3n) is 2.95. The van der Waals surface area contributed by atoms with E-state index in [0.717, 1.165) is 39.5 Å². The molecule has 0 saturated carbocycles. The van der Waals surface area contributed by atoms with E-state index in [1.807, 2.05) is 25.2 Å². The van der Waals surface area contributed by atoms with Crippen molar-refractivity contribution in [3.63, 3.8) is 0 Å². The first-order chi connectivity index (χ1) is 9.69. The van der Waals surface area contributed by atoms with E-state index in [1.165, 1.54) is 6.33 Å². The van der Waals surface area contributed by atoms with Crippen molar-refractivity contribution in [2.45, 2.75) is 13.3 Å². The van der Waals surface area contributed by atoms with Gasteiger partial charge in [0.05, 0.1) is 12.8 Å². The molecular weight excluding hydrogens is 320 g/mol. The molecular formula is C14H17BrN4O. The molecule has 2 rings (SSSR count). The van der Waals surface area contributed by atoms with Crippen molar-refractivity contribution in [3.05, 3.63) is 34.6 Å². The van der Waals surface area contributed by atoms with Gasteiger partial charge in [-0.25, -0.2) is 9.97 Å². The zero-order valence-electron chi connectivity index (χ0n) is 11.7. The molecule has 1 heterocycles. The second-order valence-electron chi connectivity index (χ2n) is 4.12. The molecule has 0 bridgehead atoms. The van der Waals surface area contributed by atoms with E-state index in [4.69, 9.17) is 4.74 Å². The van der Waals surface area contributed by atoms with Gasteiger partial charge in [-0.2, -0.15) is 0 Å². The van der Waals surface area contributed by atoms with E-state index in [0.29, 0.717) is 0 Å². The van der Waals surface area contributed by atoms with Crippen LogP contribution in [0.15, 0.2) is 29.0 Å². The minimum atomic E-state index is 0.764. The molecule has 5 nitrogen and oxygen atoms in total. The summed E-state index contributed by atoms with van der Waals surface area (Å²) in [5.74, 6) is 2.38. The fourth-order valence-electron chi connectivity index (χ4n) is 1.98. The Kier molecular flexibility index (Phi) is 4.79. The first-order valence-electron chi connectivity index (χ1n) is 6.31. The van der Waals surface area contributed by atoms with Gasteiger partial charge < -0.3 is 15.4 Å². The highest BCUT2D eigenvalue weighted by Crippen LogP contribution is 2.32. The topological polar surface area (TPSA) is 59.1 Å². The molecule has 0 aliphatic carbocycles. The van der Waals surface area contributed by atoms with Crippen LogP contribution in [-0.4, -0.2) is 24.1 Å². The lowest BCUT2D eigenvalue weighted by molar-refractivity contribution is 0.416. The highest BCUT2D eigenvalue weighted by Gasteiger charge is 2.11. The summed E-state index contributed by atoms with van der Waals surface area (Å²) in [5.41, 5.74) is 1.90. The van der Waals surface area contributed by atoms with Gasteiger partial charge in [0.15, 0.2) is 0 Å². The van der Waals surface area contributed by atoms with Crippen LogP contribution in [-0.2, 0) is 6.42 Å². The molecule has 0 unspecified atom stereocenters. The van der Waals surface area contributed by atoms with Gasteiger partial charge in [0.25, 0.3) is 0 Å². The molecule has 0 fully saturated rings. The van der Waals surface area contributed by atoms with E-state index >= 15 is 0 Å². The van der Waals surface area contributed by atoms with Crippen LogP contribution in [0.4, 0.5) is 17.3 Å². The Hall–Kier alpha value is -1.82. The molecule has 0 radical (unpaired) electrons. The summed E-state index contributed by atoms with van der Waals surface area (Å²) in [6, 6.07) is 5.79. The van der Waals surface area contributed by atoms with Crippen molar-refractivity contribution in [2.75, 3.05) is 24.8 Å². The number of hydrogen-bond acceptors (Lipinski definition) is 5. The molecule has 20 heavy (non-hydrogen) atoms. The molecule has 1 aromatic carbocycles. The number of aromatic nitrogens is 2. The van der Waals surface area contributed by atoms with Crippen molar-refractivity contribution in [1.82, 2.24) is 9.97 Å². The van der Waals surface area contributed by atoms with Crippen LogP contribution in [0.25, 0.3) is 0 Å². The van der Waals surface area contributed by atoms with Gasteiger partial charge in [0, 0.05) is 17.1 Å². The highest BCUT2D eigenvalue weighted by atomic mass is 79.9. The lowest BCUT2D eigenvalue weighted by atomic mass is 10.2. The van der Waals surface area contributed by atoms with Gasteiger partial charge in [0.2, 0.25) is 0 Å². The number of methoxy groups -OCH3 is 1. The van der Waals surface area contributed by atoms with Crippen LogP contribution >= 0.6 is 15.9 Å². The molecule has 2 N–H and O–H groups in total. The number of rotatable bonds is 5. The Bertz CT molecular complexity index is 604. The van der Waals surface area contributed by atoms with Crippen molar-refractivity contribution >= 4 is 33.3 Å². The van der Waals surface area contributed by atoms with Crippen LogP contribution in [0.2, 0.25) is 0 Å². The summed E-state index contributed by atoms with van der Waals surface area (Å²) in [4.78, 5) is 8.55. The monoisotopic (exact) mass is 336 g/mol. The highest BCUT2D eigenvalue weighted by molar-refractivity contribution is 9.10. The molecule has 0 saturated heterocycles. The smallest absolute Gasteiger partial charge is 0.142 e. The Balaban J connectivity index is 2.42. The minimum Gasteiger partial charge on any atom is -0.495 e. The van der Waals surface area contributed by atoms with Crippen molar-refractivity contribution in [3.8, 4) is 5.75 Å². The van der Waals surface area contributed by atoms with E-state index < -0.39 is 0 Å². The summed E-state index contributed by atoms with van der Waals surface area (Å²) in [6.45, 7) is 2.07. The number of nitrogens with one attached hydrogen (secondary N) is 2. The molecule has 0 aliphatic heterocycles. The summed E-state index contributed by atoms with van der Waals surface area (Å²) >= 11 is 3.46. The average Bonchev–Trinajstić information content (AvgIpc) is 2.47. The normalized spacial score (nSPS) is 10.2. The number of nitrogens with zero attached hydrogens (tertiary/aromatic N) is 2. The first kappa shape index (κ1) is 14.6. The SMILES string of the molecule is CCc1c(NC)ncnc1Nc1cc(Br)ccc1OC. The predicted molar refractivity (Wildman–Crippen MR) is 84.9 cm³/mol. The van der Waals surface area contributed by atoms with Crippen LogP contribution in [0.5, 0.6) is 5.75 Å². The van der Waals surface area contributed by atoms with E-state index in [1.54, 1.807) is 7.11 Å². The Labute approximate surface area is 126 Å². The molecule has 2 aromatic rings. The Morgan fingerprint density at radius 3 is 2.65 bits per heavy atom. The molecule has 106 valence electrons. The summed E-state index contributed by atoms with van der Waals surface area (Å²) in [5, 5.41) is 6.39. The zero-order valence-corrected chi connectivity index (χ0v) is 13.3. The summed E-state index contributed by atoms with van der Waals surface area (Å²) in [6.07, 6.45) is 2.37. The Morgan fingerprint density at radius 2 is 2.00 bits per heavy atom. The third-order valence-corrected chi connectivity index (χ3v) is 3.44. The number of anilines is 3. The lowest BCUT2D eigenvalue weighted by Crippen LogP contribution is -2.05. The quantitative estimate of drug-likeness (QED) is 0.873. The van der Waals surface area contributed by atoms with Crippen LogP contribution < -0.4 is 15.4 Å². The maximum atomic E-state index is 5.36. The second-order valence-corrected chi connectivity index (χ2v) is 5.04. The average molecular weight is 337 g/mol. The molecule has 1 aromatic heterocycles. The van der Waals surface area contributed by atoms with Gasteiger partial charge >= 0.3 is 0 Å². The molecule has 0 aliphatic rings. The van der Waals surface area contributed by atoms with E-state index in [9.17, 15) is 0 Å². The van der Waals surface area contributed by atoms with Gasteiger partial charge in [-0.1, -0.05) is 22.9 Å². The number of halogens is 1. The fraction of sp³-hybridized carbons (Fsp3) is 0.286. The number of hydrogen-bond donors (Lipinski definition) is 2. The number of ether oxygens (including phenoxy) is 1. The van der Waals surface area contributed by atoms with Gasteiger partial charge in [-0.3, -0.25) is 0 Å². The van der Waals surface area contributed by atoms with Crippen LogP contribution in [0.1, 0.15) is 12.5 Å². The van der Waals surface area contributed by atoms with Crippen molar-refractivity contribution in [1.29, 1.82) is 0 Å². The largest absolute Gasteiger partial charge is 0.495 e. The second kappa shape index (κ2) is 6.56. The van der Waals surface area contributed by atoms with Crippen molar-refractivity contribution in [2.24, 2.45) is 0 Å². The zero-order chi connectivity index (χ0) is 14.5. The summed E-state index contributed by atoms with van der Waals surface area (Å²) in [7, 11) is 3.50. The van der Waals surface area contributed by atoms with Gasteiger partial charge in [-0.15, -0.1) is 0 Å². The lowest BCUT2D eigenvalue weighted by Gasteiger charge is -2.15. The maximum Gasteiger partial charge on any atom is 0.142 e. The molecule has 0 spiro atoms. The minimum absolute atomic E-state index is 0.764. The third kappa shape index (κ3) is 3.01. The predicted octanol–water partition coefficient (Wildman–Crippen LogP) is 3.60. The van der Waals surface area contributed by atoms with Crippen molar-refractivity contribution < 1.29 is 4.74 Å².